The van der Waals surface area contributed by atoms with Crippen molar-refractivity contribution in [2.24, 2.45) is 0 Å². The van der Waals surface area contributed by atoms with E-state index in [1.54, 1.807) is 29.2 Å². The molecule has 2 aromatic carbocycles. The molecule has 124 valence electrons. The van der Waals surface area contributed by atoms with Crippen LogP contribution in [0.25, 0.3) is 0 Å². The summed E-state index contributed by atoms with van der Waals surface area (Å²) in [5.41, 5.74) is 1.25. The van der Waals surface area contributed by atoms with Gasteiger partial charge < -0.3 is 14.2 Å². The van der Waals surface area contributed by atoms with Crippen LogP contribution in [-0.4, -0.2) is 38.4 Å². The van der Waals surface area contributed by atoms with E-state index >= 15 is 0 Å². The lowest BCUT2D eigenvalue weighted by molar-refractivity contribution is 0.0600. The molecule has 0 N–H and O–H groups in total. The van der Waals surface area contributed by atoms with Gasteiger partial charge in [0.2, 0.25) is 0 Å². The van der Waals surface area contributed by atoms with E-state index in [1.807, 2.05) is 30.3 Å². The lowest BCUT2D eigenvalue weighted by Crippen LogP contribution is -2.26. The van der Waals surface area contributed by atoms with Gasteiger partial charge in [-0.25, -0.2) is 9.59 Å². The van der Waals surface area contributed by atoms with Crippen molar-refractivity contribution in [3.05, 3.63) is 60.2 Å². The minimum Gasteiger partial charge on any atom is -0.490 e. The predicted molar refractivity (Wildman–Crippen MR) is 87.3 cm³/mol. The first kappa shape index (κ1) is 15.9. The van der Waals surface area contributed by atoms with Crippen LogP contribution in [0.2, 0.25) is 0 Å². The highest BCUT2D eigenvalue weighted by Gasteiger charge is 2.32. The molecule has 1 heterocycles. The Kier molecular flexibility index (Phi) is 4.65. The maximum atomic E-state index is 11.9. The molecule has 1 aliphatic heterocycles. The molecular formula is C18H17NO5. The lowest BCUT2D eigenvalue weighted by Gasteiger charge is -2.13. The maximum Gasteiger partial charge on any atom is 0.414 e. The molecule has 1 unspecified atom stereocenters. The molecular weight excluding hydrogens is 310 g/mol. The normalized spacial score (nSPS) is 16.6. The summed E-state index contributed by atoms with van der Waals surface area (Å²) in [6.07, 6.45) is -0.728. The number of carbonyl (C=O) groups is 2. The predicted octanol–water partition coefficient (Wildman–Crippen LogP) is 2.88. The number of benzene rings is 2. The van der Waals surface area contributed by atoms with Crippen molar-refractivity contribution in [3.8, 4) is 5.75 Å². The van der Waals surface area contributed by atoms with Crippen LogP contribution >= 0.6 is 0 Å². The minimum absolute atomic E-state index is 0.243. The number of anilines is 1. The molecule has 1 amide bonds. The number of amides is 1. The average molecular weight is 327 g/mol. The minimum atomic E-state index is -0.398. The zero-order valence-electron chi connectivity index (χ0n) is 13.2. The number of rotatable bonds is 5. The standard InChI is InChI=1S/C18H17NO5/c1-22-17(20)13-7-9-15(10-8-13)23-12-16-11-19(18(21)24-16)14-5-3-2-4-6-14/h2-10,16H,11-12H2,1H3. The number of para-hydroxylation sites is 1. The molecule has 2 aromatic rings. The Morgan fingerprint density at radius 2 is 1.88 bits per heavy atom. The van der Waals surface area contributed by atoms with Crippen LogP contribution in [0.1, 0.15) is 10.4 Å². The summed E-state index contributed by atoms with van der Waals surface area (Å²) in [6, 6.07) is 16.0. The highest BCUT2D eigenvalue weighted by molar-refractivity contribution is 5.90. The van der Waals surface area contributed by atoms with E-state index in [9.17, 15) is 9.59 Å². The Balaban J connectivity index is 1.56. The van der Waals surface area contributed by atoms with Gasteiger partial charge in [0.05, 0.1) is 19.2 Å². The van der Waals surface area contributed by atoms with Crippen molar-refractivity contribution in [2.45, 2.75) is 6.10 Å². The van der Waals surface area contributed by atoms with Gasteiger partial charge in [-0.1, -0.05) is 18.2 Å². The first-order valence-electron chi connectivity index (χ1n) is 7.52. The quantitative estimate of drug-likeness (QED) is 0.790. The van der Waals surface area contributed by atoms with Crippen LogP contribution in [-0.2, 0) is 9.47 Å². The number of esters is 1. The number of hydrogen-bond donors (Lipinski definition) is 0. The van der Waals surface area contributed by atoms with E-state index in [0.717, 1.165) is 5.69 Å². The Hall–Kier alpha value is -3.02. The maximum absolute atomic E-state index is 11.9. The van der Waals surface area contributed by atoms with Gasteiger partial charge in [-0.05, 0) is 36.4 Å². The molecule has 0 spiro atoms. The molecule has 24 heavy (non-hydrogen) atoms. The lowest BCUT2D eigenvalue weighted by atomic mass is 10.2. The second-order valence-electron chi connectivity index (χ2n) is 5.28. The van der Waals surface area contributed by atoms with Crippen LogP contribution in [0.3, 0.4) is 0 Å². The van der Waals surface area contributed by atoms with Gasteiger partial charge in [-0.2, -0.15) is 0 Å². The number of cyclic esters (lactones) is 1. The highest BCUT2D eigenvalue weighted by Crippen LogP contribution is 2.22. The van der Waals surface area contributed by atoms with E-state index in [-0.39, 0.29) is 18.8 Å². The summed E-state index contributed by atoms with van der Waals surface area (Å²) in [5, 5.41) is 0. The molecule has 0 aromatic heterocycles. The van der Waals surface area contributed by atoms with Gasteiger partial charge in [-0.15, -0.1) is 0 Å². The fourth-order valence-corrected chi connectivity index (χ4v) is 2.42. The Labute approximate surface area is 139 Å². The average Bonchev–Trinajstić information content (AvgIpc) is 3.01. The van der Waals surface area contributed by atoms with Crippen molar-refractivity contribution in [1.82, 2.24) is 0 Å². The second-order valence-corrected chi connectivity index (χ2v) is 5.28. The number of carbonyl (C=O) groups excluding carboxylic acids is 2. The molecule has 0 radical (unpaired) electrons. The fourth-order valence-electron chi connectivity index (χ4n) is 2.42. The zero-order valence-corrected chi connectivity index (χ0v) is 13.2. The highest BCUT2D eigenvalue weighted by atomic mass is 16.6. The van der Waals surface area contributed by atoms with E-state index < -0.39 is 5.97 Å². The zero-order chi connectivity index (χ0) is 16.9. The molecule has 1 aliphatic rings. The largest absolute Gasteiger partial charge is 0.490 e. The van der Waals surface area contributed by atoms with E-state index in [4.69, 9.17) is 9.47 Å². The van der Waals surface area contributed by atoms with Gasteiger partial charge in [0.25, 0.3) is 0 Å². The first-order valence-corrected chi connectivity index (χ1v) is 7.52. The van der Waals surface area contributed by atoms with E-state index in [2.05, 4.69) is 4.74 Å². The number of hydrogen-bond acceptors (Lipinski definition) is 5. The Bertz CT molecular complexity index is 714. The van der Waals surface area contributed by atoms with Crippen molar-refractivity contribution >= 4 is 17.7 Å². The Morgan fingerprint density at radius 1 is 1.17 bits per heavy atom. The van der Waals surface area contributed by atoms with Crippen molar-refractivity contribution < 1.29 is 23.8 Å². The molecule has 1 fully saturated rings. The number of nitrogens with zero attached hydrogens (tertiary/aromatic N) is 1. The summed E-state index contributed by atoms with van der Waals surface area (Å²) < 4.78 is 15.6. The second kappa shape index (κ2) is 7.04. The molecule has 1 saturated heterocycles. The fraction of sp³-hybridized carbons (Fsp3) is 0.222. The van der Waals surface area contributed by atoms with Crippen LogP contribution < -0.4 is 9.64 Å². The van der Waals surface area contributed by atoms with Gasteiger partial charge in [0.15, 0.2) is 6.10 Å². The SMILES string of the molecule is COC(=O)c1ccc(OCC2CN(c3ccccc3)C(=O)O2)cc1. The van der Waals surface area contributed by atoms with Crippen molar-refractivity contribution in [1.29, 1.82) is 0 Å². The first-order chi connectivity index (χ1) is 11.7. The van der Waals surface area contributed by atoms with Crippen LogP contribution in [0.4, 0.5) is 10.5 Å². The van der Waals surface area contributed by atoms with E-state index in [1.165, 1.54) is 7.11 Å². The molecule has 6 heteroatoms. The van der Waals surface area contributed by atoms with Crippen LogP contribution in [0, 0.1) is 0 Å². The summed E-state index contributed by atoms with van der Waals surface area (Å²) in [5.74, 6) is 0.196. The molecule has 0 bridgehead atoms. The topological polar surface area (TPSA) is 65.1 Å². The van der Waals surface area contributed by atoms with Crippen molar-refractivity contribution in [2.75, 3.05) is 25.2 Å². The molecule has 0 saturated carbocycles. The van der Waals surface area contributed by atoms with Crippen LogP contribution in [0.15, 0.2) is 54.6 Å². The van der Waals surface area contributed by atoms with Crippen molar-refractivity contribution in [3.63, 3.8) is 0 Å². The summed E-state index contributed by atoms with van der Waals surface area (Å²) in [6.45, 7) is 0.676. The third kappa shape index (κ3) is 3.48. The van der Waals surface area contributed by atoms with Crippen LogP contribution in [0.5, 0.6) is 5.75 Å². The van der Waals surface area contributed by atoms with Gasteiger partial charge in [-0.3, -0.25) is 4.90 Å². The third-order valence-electron chi connectivity index (χ3n) is 3.65. The molecule has 1 atom stereocenters. The summed E-state index contributed by atoms with van der Waals surface area (Å²) in [7, 11) is 1.33. The molecule has 0 aliphatic carbocycles. The summed E-state index contributed by atoms with van der Waals surface area (Å²) >= 11 is 0. The summed E-state index contributed by atoms with van der Waals surface area (Å²) in [4.78, 5) is 24.9. The third-order valence-corrected chi connectivity index (χ3v) is 3.65. The molecule has 3 rings (SSSR count). The monoisotopic (exact) mass is 327 g/mol. The van der Waals surface area contributed by atoms with E-state index in [0.29, 0.717) is 17.9 Å². The van der Waals surface area contributed by atoms with Gasteiger partial charge in [0, 0.05) is 5.69 Å². The smallest absolute Gasteiger partial charge is 0.414 e. The number of methoxy groups -OCH3 is 1. The number of ether oxygens (including phenoxy) is 3. The van der Waals surface area contributed by atoms with Gasteiger partial charge >= 0.3 is 12.1 Å². The van der Waals surface area contributed by atoms with Gasteiger partial charge in [0.1, 0.15) is 12.4 Å². The molecule has 6 nitrogen and oxygen atoms in total. The Morgan fingerprint density at radius 3 is 2.54 bits per heavy atom.